The summed E-state index contributed by atoms with van der Waals surface area (Å²) in [5.41, 5.74) is 11.9. The standard InChI is InChI=1S/C21H30ClN7O3/c1-14-19(25-2)27-18(16(9-6-10-22)15-7-4-3-5-8-15)20(31)29(14)13-17(30)26-11-12-32-28-21(23)24/h3-5,7-8,16,25H,6,9-13H2,1-2H3,(H,26,30)(H4,23,24,28). The first-order valence-electron chi connectivity index (χ1n) is 10.3. The minimum atomic E-state index is -0.347. The second-order valence-electron chi connectivity index (χ2n) is 7.07. The molecule has 2 rings (SSSR count). The average molecular weight is 464 g/mol. The van der Waals surface area contributed by atoms with Gasteiger partial charge in [-0.15, -0.1) is 11.6 Å². The molecule has 11 heteroatoms. The third-order valence-corrected chi connectivity index (χ3v) is 5.09. The number of nitrogens with one attached hydrogen (secondary N) is 2. The van der Waals surface area contributed by atoms with Gasteiger partial charge in [0.25, 0.3) is 5.56 Å². The van der Waals surface area contributed by atoms with Gasteiger partial charge in [-0.05, 0) is 30.5 Å². The van der Waals surface area contributed by atoms with Crippen LogP contribution in [0.25, 0.3) is 0 Å². The smallest absolute Gasteiger partial charge is 0.273 e. The number of hydrogen-bond donors (Lipinski definition) is 4. The summed E-state index contributed by atoms with van der Waals surface area (Å²) in [6, 6.07) is 9.70. The van der Waals surface area contributed by atoms with Gasteiger partial charge in [0.15, 0.2) is 0 Å². The lowest BCUT2D eigenvalue weighted by atomic mass is 9.91. The molecule has 174 valence electrons. The van der Waals surface area contributed by atoms with E-state index >= 15 is 0 Å². The van der Waals surface area contributed by atoms with E-state index in [1.54, 1.807) is 14.0 Å². The van der Waals surface area contributed by atoms with Gasteiger partial charge in [0.05, 0.1) is 12.2 Å². The van der Waals surface area contributed by atoms with Crippen molar-refractivity contribution in [3.05, 3.63) is 57.6 Å². The summed E-state index contributed by atoms with van der Waals surface area (Å²) in [6.45, 7) is 1.86. The van der Waals surface area contributed by atoms with Crippen LogP contribution in [0, 0.1) is 6.92 Å². The summed E-state index contributed by atoms with van der Waals surface area (Å²) in [4.78, 5) is 35.3. The van der Waals surface area contributed by atoms with Gasteiger partial charge in [-0.1, -0.05) is 30.3 Å². The van der Waals surface area contributed by atoms with E-state index in [0.717, 1.165) is 12.0 Å². The Bertz CT molecular complexity index is 975. The van der Waals surface area contributed by atoms with Crippen molar-refractivity contribution >= 4 is 29.3 Å². The van der Waals surface area contributed by atoms with Gasteiger partial charge in [0.1, 0.15) is 24.7 Å². The highest BCUT2D eigenvalue weighted by molar-refractivity contribution is 6.17. The molecule has 1 heterocycles. The van der Waals surface area contributed by atoms with Crippen LogP contribution in [-0.2, 0) is 16.2 Å². The number of anilines is 1. The van der Waals surface area contributed by atoms with Gasteiger partial charge in [0.2, 0.25) is 11.9 Å². The zero-order valence-corrected chi connectivity index (χ0v) is 19.1. The molecule has 32 heavy (non-hydrogen) atoms. The Morgan fingerprint density at radius 1 is 1.31 bits per heavy atom. The quantitative estimate of drug-likeness (QED) is 0.121. The summed E-state index contributed by atoms with van der Waals surface area (Å²) >= 11 is 5.93. The van der Waals surface area contributed by atoms with E-state index in [4.69, 9.17) is 27.9 Å². The minimum Gasteiger partial charge on any atom is -0.391 e. The highest BCUT2D eigenvalue weighted by Gasteiger charge is 2.23. The van der Waals surface area contributed by atoms with E-state index in [1.165, 1.54) is 4.57 Å². The Labute approximate surface area is 192 Å². The van der Waals surface area contributed by atoms with E-state index in [0.29, 0.717) is 29.5 Å². The number of amides is 1. The van der Waals surface area contributed by atoms with Crippen LogP contribution in [-0.4, -0.2) is 47.5 Å². The summed E-state index contributed by atoms with van der Waals surface area (Å²) in [7, 11) is 1.73. The second kappa shape index (κ2) is 12.6. The van der Waals surface area contributed by atoms with E-state index in [9.17, 15) is 9.59 Å². The molecule has 1 amide bonds. The lowest BCUT2D eigenvalue weighted by Gasteiger charge is -2.20. The Hall–Kier alpha value is -3.27. The van der Waals surface area contributed by atoms with E-state index in [2.05, 4.69) is 20.8 Å². The van der Waals surface area contributed by atoms with Crippen LogP contribution in [0.5, 0.6) is 0 Å². The fourth-order valence-electron chi connectivity index (χ4n) is 3.31. The van der Waals surface area contributed by atoms with Crippen LogP contribution in [0.2, 0.25) is 0 Å². The molecule has 0 radical (unpaired) electrons. The summed E-state index contributed by atoms with van der Waals surface area (Å²) in [6.07, 6.45) is 1.39. The Balaban J connectivity index is 2.32. The number of benzene rings is 1. The maximum absolute atomic E-state index is 13.4. The molecule has 1 atom stereocenters. The van der Waals surface area contributed by atoms with Crippen molar-refractivity contribution < 1.29 is 9.63 Å². The van der Waals surface area contributed by atoms with Gasteiger partial charge in [-0.2, -0.15) is 0 Å². The Morgan fingerprint density at radius 2 is 2.03 bits per heavy atom. The number of guanidine groups is 1. The van der Waals surface area contributed by atoms with Crippen molar-refractivity contribution in [1.82, 2.24) is 14.9 Å². The first kappa shape index (κ1) is 25.0. The van der Waals surface area contributed by atoms with Crippen molar-refractivity contribution in [3.8, 4) is 0 Å². The first-order valence-corrected chi connectivity index (χ1v) is 10.8. The third kappa shape index (κ3) is 6.88. The number of alkyl halides is 1. The molecule has 10 nitrogen and oxygen atoms in total. The highest BCUT2D eigenvalue weighted by atomic mass is 35.5. The van der Waals surface area contributed by atoms with Gasteiger partial charge in [-0.25, -0.2) is 4.98 Å². The number of carbonyl (C=O) groups is 1. The lowest BCUT2D eigenvalue weighted by molar-refractivity contribution is -0.122. The number of hydrogen-bond acceptors (Lipinski definition) is 6. The first-order chi connectivity index (χ1) is 15.4. The zero-order chi connectivity index (χ0) is 23.5. The SMILES string of the molecule is CNc1nc(C(CCCCl)c2ccccc2)c(=O)n(CC(=O)NCCON=C(N)N)c1C. The monoisotopic (exact) mass is 463 g/mol. The predicted molar refractivity (Wildman–Crippen MR) is 126 cm³/mol. The van der Waals surface area contributed by atoms with Crippen molar-refractivity contribution in [1.29, 1.82) is 0 Å². The predicted octanol–water partition coefficient (Wildman–Crippen LogP) is 1.07. The molecule has 0 aliphatic heterocycles. The van der Waals surface area contributed by atoms with Crippen molar-refractivity contribution in [3.63, 3.8) is 0 Å². The normalized spacial score (nSPS) is 11.5. The van der Waals surface area contributed by atoms with Crippen molar-refractivity contribution in [2.24, 2.45) is 16.6 Å². The van der Waals surface area contributed by atoms with Crippen molar-refractivity contribution in [2.75, 3.05) is 31.4 Å². The molecule has 0 aliphatic rings. The molecule has 6 N–H and O–H groups in total. The third-order valence-electron chi connectivity index (χ3n) is 4.83. The largest absolute Gasteiger partial charge is 0.391 e. The van der Waals surface area contributed by atoms with Crippen LogP contribution in [0.4, 0.5) is 5.82 Å². The van der Waals surface area contributed by atoms with Gasteiger partial charge in [0, 0.05) is 18.8 Å². The molecule has 0 fully saturated rings. The van der Waals surface area contributed by atoms with E-state index in [1.807, 2.05) is 30.3 Å². The molecule has 0 saturated carbocycles. The number of halogens is 1. The summed E-state index contributed by atoms with van der Waals surface area (Å²) < 4.78 is 1.43. The van der Waals surface area contributed by atoms with Crippen LogP contribution in [0.15, 0.2) is 40.3 Å². The number of oxime groups is 1. The molecule has 1 aromatic carbocycles. The highest BCUT2D eigenvalue weighted by Crippen LogP contribution is 2.27. The average Bonchev–Trinajstić information content (AvgIpc) is 2.78. The molecule has 1 aromatic heterocycles. The molecule has 0 bridgehead atoms. The molecular weight excluding hydrogens is 434 g/mol. The van der Waals surface area contributed by atoms with Crippen molar-refractivity contribution in [2.45, 2.75) is 32.2 Å². The van der Waals surface area contributed by atoms with Gasteiger partial charge >= 0.3 is 0 Å². The Morgan fingerprint density at radius 3 is 2.66 bits per heavy atom. The zero-order valence-electron chi connectivity index (χ0n) is 18.3. The second-order valence-corrected chi connectivity index (χ2v) is 7.44. The molecule has 2 aromatic rings. The van der Waals surface area contributed by atoms with E-state index < -0.39 is 0 Å². The number of aromatic nitrogens is 2. The van der Waals surface area contributed by atoms with Crippen LogP contribution < -0.4 is 27.7 Å². The Kier molecular flexibility index (Phi) is 9.80. The number of nitrogens with zero attached hydrogens (tertiary/aromatic N) is 3. The molecular formula is C21H30ClN7O3. The molecule has 0 aliphatic carbocycles. The van der Waals surface area contributed by atoms with E-state index in [-0.39, 0.29) is 43.0 Å². The minimum absolute atomic E-state index is 0.0926. The lowest BCUT2D eigenvalue weighted by Crippen LogP contribution is -2.37. The van der Waals surface area contributed by atoms with Gasteiger partial charge in [-0.3, -0.25) is 14.2 Å². The molecule has 0 saturated heterocycles. The van der Waals surface area contributed by atoms with Crippen LogP contribution in [0.1, 0.15) is 35.7 Å². The summed E-state index contributed by atoms with van der Waals surface area (Å²) in [5, 5.41) is 9.08. The van der Waals surface area contributed by atoms with Crippen LogP contribution >= 0.6 is 11.6 Å². The van der Waals surface area contributed by atoms with Crippen LogP contribution in [0.3, 0.4) is 0 Å². The fourth-order valence-corrected chi connectivity index (χ4v) is 3.46. The topological polar surface area (TPSA) is 150 Å². The number of carbonyl (C=O) groups excluding carboxylic acids is 1. The maximum atomic E-state index is 13.4. The number of nitrogens with two attached hydrogens (primary N) is 2. The molecule has 1 unspecified atom stereocenters. The molecule has 0 spiro atoms. The van der Waals surface area contributed by atoms with Gasteiger partial charge < -0.3 is 26.9 Å². The fraction of sp³-hybridized carbons (Fsp3) is 0.429. The maximum Gasteiger partial charge on any atom is 0.273 e. The number of rotatable bonds is 12. The summed E-state index contributed by atoms with van der Waals surface area (Å²) in [5.74, 6) is 0.226.